The number of carbonyl (C=O) groups is 2. The molecule has 4 atom stereocenters. The zero-order valence-electron chi connectivity index (χ0n) is 18.4. The Bertz CT molecular complexity index is 1250. The molecule has 2 fully saturated rings. The topological polar surface area (TPSA) is 101 Å². The van der Waals surface area contributed by atoms with E-state index < -0.39 is 38.2 Å². The van der Waals surface area contributed by atoms with Crippen LogP contribution in [0.25, 0.3) is 0 Å². The van der Waals surface area contributed by atoms with Gasteiger partial charge in [-0.3, -0.25) is 9.59 Å². The first-order valence-corrected chi connectivity index (χ1v) is 12.9. The number of benzene rings is 2. The molecule has 0 spiro atoms. The maximum atomic E-state index is 13.5. The lowest BCUT2D eigenvalue weighted by Crippen LogP contribution is -2.49. The predicted octanol–water partition coefficient (Wildman–Crippen LogP) is 4.54. The number of hydrogen-bond acceptors (Lipinski definition) is 5. The van der Waals surface area contributed by atoms with Crippen molar-refractivity contribution in [3.8, 4) is 0 Å². The van der Waals surface area contributed by atoms with Gasteiger partial charge in [-0.15, -0.1) is 0 Å². The summed E-state index contributed by atoms with van der Waals surface area (Å²) in [7, 11) is -3.96. The molecule has 182 valence electrons. The fourth-order valence-electron chi connectivity index (χ4n) is 5.37. The van der Waals surface area contributed by atoms with Gasteiger partial charge in [0.05, 0.1) is 20.8 Å². The monoisotopic (exact) mass is 511 g/mol. The Morgan fingerprint density at radius 3 is 2.32 bits per heavy atom. The Labute approximate surface area is 201 Å². The minimum atomic E-state index is -3.96. The molecule has 2 aliphatic carbocycles. The van der Waals surface area contributed by atoms with Gasteiger partial charge in [-0.1, -0.05) is 11.6 Å². The molecule has 3 unspecified atom stereocenters. The highest BCUT2D eigenvalue weighted by Crippen LogP contribution is 2.53. The van der Waals surface area contributed by atoms with E-state index in [2.05, 4.69) is 5.32 Å². The van der Waals surface area contributed by atoms with Gasteiger partial charge in [0.25, 0.3) is 5.91 Å². The number of halogens is 3. The van der Waals surface area contributed by atoms with Gasteiger partial charge in [0.15, 0.2) is 21.5 Å². The molecule has 0 radical (unpaired) electrons. The van der Waals surface area contributed by atoms with Crippen molar-refractivity contribution in [3.63, 3.8) is 0 Å². The smallest absolute Gasteiger partial charge is 0.255 e. The third-order valence-electron chi connectivity index (χ3n) is 7.02. The Kier molecular flexibility index (Phi) is 6.56. The molecule has 1 amide bonds. The second-order valence-corrected chi connectivity index (χ2v) is 11.8. The lowest BCUT2D eigenvalue weighted by atomic mass is 9.72. The molecule has 2 saturated carbocycles. The molecule has 2 aliphatic rings. The van der Waals surface area contributed by atoms with Crippen LogP contribution >= 0.6 is 11.6 Å². The molecule has 2 aromatic carbocycles. The fraction of sp³-hybridized carbons (Fsp3) is 0.417. The first-order valence-electron chi connectivity index (χ1n) is 10.9. The maximum absolute atomic E-state index is 13.5. The van der Waals surface area contributed by atoms with Crippen LogP contribution in [0.3, 0.4) is 0 Å². The highest BCUT2D eigenvalue weighted by atomic mass is 35.5. The molecule has 0 heterocycles. The Morgan fingerprint density at radius 1 is 1.09 bits per heavy atom. The molecule has 6 nitrogen and oxygen atoms in total. The number of ketones is 1. The van der Waals surface area contributed by atoms with Crippen LogP contribution in [0.2, 0.25) is 5.02 Å². The van der Waals surface area contributed by atoms with Gasteiger partial charge in [0.2, 0.25) is 0 Å². The molecule has 0 aliphatic heterocycles. The van der Waals surface area contributed by atoms with Crippen molar-refractivity contribution >= 4 is 38.8 Å². The van der Waals surface area contributed by atoms with E-state index in [1.54, 1.807) is 0 Å². The third-order valence-corrected chi connectivity index (χ3v) is 9.68. The summed E-state index contributed by atoms with van der Waals surface area (Å²) in [5, 5.41) is 12.7. The van der Waals surface area contributed by atoms with Crippen molar-refractivity contribution < 1.29 is 31.9 Å². The van der Waals surface area contributed by atoms with Crippen LogP contribution in [0.1, 0.15) is 49.4 Å². The number of sulfone groups is 1. The first kappa shape index (κ1) is 24.8. The third kappa shape index (κ3) is 4.48. The Hall–Kier alpha value is -2.36. The molecule has 4 rings (SSSR count). The second-order valence-electron chi connectivity index (χ2n) is 9.21. The summed E-state index contributed by atoms with van der Waals surface area (Å²) in [6.07, 6.45) is 1.69. The molecule has 2 aromatic rings. The molecule has 2 N–H and O–H groups in total. The normalized spacial score (nSPS) is 26.3. The van der Waals surface area contributed by atoms with Crippen LogP contribution in [0.15, 0.2) is 41.3 Å². The second kappa shape index (κ2) is 9.02. The number of anilines is 1. The molecule has 10 heteroatoms. The average Bonchev–Trinajstić information content (AvgIpc) is 2.92. The number of carbonyl (C=O) groups excluding carboxylic acids is 2. The summed E-state index contributed by atoms with van der Waals surface area (Å²) in [6, 6.07) is 6.69. The molecule has 2 bridgehead atoms. The summed E-state index contributed by atoms with van der Waals surface area (Å²) >= 11 is 6.22. The molecular formula is C24H24ClF2NO5S. The lowest BCUT2D eigenvalue weighted by Gasteiger charge is -2.42. The predicted molar refractivity (Wildman–Crippen MR) is 122 cm³/mol. The lowest BCUT2D eigenvalue weighted by molar-refractivity contribution is -0.128. The SMILES string of the molecule is CC(=O)CC1(O)C2CC[C@H]1CC(S(=O)(=O)c1cc(C(=O)Nc3ccc(F)c(F)c3)ccc1Cl)C2. The van der Waals surface area contributed by atoms with Gasteiger partial charge >= 0.3 is 0 Å². The molecular weight excluding hydrogens is 488 g/mol. The summed E-state index contributed by atoms with van der Waals surface area (Å²) in [5.74, 6) is -3.66. The standard InChI is InChI=1S/C24H24ClF2NO5S/c1-13(29)12-24(31)15-3-4-16(24)10-18(9-15)34(32,33)22-8-14(2-6-19(22)25)23(30)28-17-5-7-20(26)21(27)11-17/h2,5-8,11,15-16,18,31H,3-4,9-10,12H2,1H3,(H,28,30)/t15-,16?,18?,24?/m0/s1. The zero-order valence-corrected chi connectivity index (χ0v) is 19.9. The molecule has 0 saturated heterocycles. The average molecular weight is 512 g/mol. The van der Waals surface area contributed by atoms with E-state index in [9.17, 15) is 31.9 Å². The van der Waals surface area contributed by atoms with Crippen molar-refractivity contribution in [1.29, 1.82) is 0 Å². The van der Waals surface area contributed by atoms with Crippen LogP contribution in [0.4, 0.5) is 14.5 Å². The van der Waals surface area contributed by atoms with E-state index >= 15 is 0 Å². The highest BCUT2D eigenvalue weighted by molar-refractivity contribution is 7.92. The highest BCUT2D eigenvalue weighted by Gasteiger charge is 2.55. The maximum Gasteiger partial charge on any atom is 0.255 e. The van der Waals surface area contributed by atoms with Gasteiger partial charge in [-0.2, -0.15) is 0 Å². The van der Waals surface area contributed by atoms with Gasteiger partial charge in [0, 0.05) is 23.7 Å². The molecule has 34 heavy (non-hydrogen) atoms. The number of hydrogen-bond donors (Lipinski definition) is 2. The van der Waals surface area contributed by atoms with Crippen LogP contribution < -0.4 is 5.32 Å². The summed E-state index contributed by atoms with van der Waals surface area (Å²) in [5.41, 5.74) is -1.19. The van der Waals surface area contributed by atoms with Gasteiger partial charge in [-0.25, -0.2) is 17.2 Å². The quantitative estimate of drug-likeness (QED) is 0.593. The fourth-order valence-corrected chi connectivity index (χ4v) is 7.77. The van der Waals surface area contributed by atoms with Crippen LogP contribution in [-0.4, -0.2) is 36.1 Å². The van der Waals surface area contributed by atoms with Crippen LogP contribution in [-0.2, 0) is 14.6 Å². The van der Waals surface area contributed by atoms with Crippen LogP contribution in [0.5, 0.6) is 0 Å². The van der Waals surface area contributed by atoms with Gasteiger partial charge < -0.3 is 10.4 Å². The van der Waals surface area contributed by atoms with E-state index in [0.29, 0.717) is 12.8 Å². The number of nitrogens with one attached hydrogen (secondary N) is 1. The van der Waals surface area contributed by atoms with Crippen molar-refractivity contribution in [3.05, 3.63) is 58.6 Å². The minimum Gasteiger partial charge on any atom is -0.389 e. The Balaban J connectivity index is 1.58. The summed E-state index contributed by atoms with van der Waals surface area (Å²) in [4.78, 5) is 24.1. The van der Waals surface area contributed by atoms with E-state index in [0.717, 1.165) is 12.1 Å². The largest absolute Gasteiger partial charge is 0.389 e. The van der Waals surface area contributed by atoms with E-state index in [1.165, 1.54) is 31.2 Å². The number of aliphatic hydroxyl groups is 1. The van der Waals surface area contributed by atoms with Crippen molar-refractivity contribution in [2.45, 2.75) is 54.8 Å². The number of amides is 1. The van der Waals surface area contributed by atoms with Gasteiger partial charge in [-0.05, 0) is 74.8 Å². The van der Waals surface area contributed by atoms with Crippen molar-refractivity contribution in [2.75, 3.05) is 5.32 Å². The zero-order chi connectivity index (χ0) is 24.8. The van der Waals surface area contributed by atoms with Crippen molar-refractivity contribution in [2.24, 2.45) is 11.8 Å². The first-order chi connectivity index (χ1) is 15.9. The summed E-state index contributed by atoms with van der Waals surface area (Å²) < 4.78 is 53.6. The minimum absolute atomic E-state index is 0.00942. The summed E-state index contributed by atoms with van der Waals surface area (Å²) in [6.45, 7) is 1.41. The van der Waals surface area contributed by atoms with E-state index in [1.807, 2.05) is 0 Å². The number of fused-ring (bicyclic) bond motifs is 2. The Morgan fingerprint density at radius 2 is 1.74 bits per heavy atom. The van der Waals surface area contributed by atoms with E-state index in [-0.39, 0.29) is 58.1 Å². The van der Waals surface area contributed by atoms with Crippen LogP contribution in [0, 0.1) is 23.5 Å². The van der Waals surface area contributed by atoms with Gasteiger partial charge in [0.1, 0.15) is 5.78 Å². The molecule has 0 aromatic heterocycles. The van der Waals surface area contributed by atoms with E-state index in [4.69, 9.17) is 11.6 Å². The number of Topliss-reactive ketones (excluding diaryl/α,β-unsaturated/α-hetero) is 1. The number of rotatable bonds is 6. The van der Waals surface area contributed by atoms with Crippen molar-refractivity contribution in [1.82, 2.24) is 0 Å².